The van der Waals surface area contributed by atoms with Gasteiger partial charge in [0, 0.05) is 0 Å². The standard InChI is InChI=1S/C14H15NSe/c1-12(10-13-8-9-15(2)11-13)16-14-6-4-3-5-7-14/h3-9,11H,1,10H2,2H3. The molecule has 0 N–H and O–H groups in total. The van der Waals surface area contributed by atoms with E-state index in [4.69, 9.17) is 0 Å². The molecule has 0 atom stereocenters. The van der Waals surface area contributed by atoms with Gasteiger partial charge in [-0.25, -0.2) is 0 Å². The third kappa shape index (κ3) is 3.13. The number of hydrogen-bond acceptors (Lipinski definition) is 0. The van der Waals surface area contributed by atoms with Crippen molar-refractivity contribution in [2.45, 2.75) is 6.42 Å². The minimum absolute atomic E-state index is 0.386. The Labute approximate surface area is 103 Å². The average molecular weight is 276 g/mol. The van der Waals surface area contributed by atoms with Crippen LogP contribution in [0.1, 0.15) is 5.56 Å². The van der Waals surface area contributed by atoms with Crippen molar-refractivity contribution in [3.8, 4) is 0 Å². The number of rotatable bonds is 4. The summed E-state index contributed by atoms with van der Waals surface area (Å²) in [6.45, 7) is 4.17. The molecule has 0 bridgehead atoms. The molecule has 1 heterocycles. The molecule has 16 heavy (non-hydrogen) atoms. The summed E-state index contributed by atoms with van der Waals surface area (Å²) < 4.78 is 4.80. The van der Waals surface area contributed by atoms with Gasteiger partial charge in [0.05, 0.1) is 0 Å². The van der Waals surface area contributed by atoms with Gasteiger partial charge in [-0.05, 0) is 0 Å². The molecule has 0 amide bonds. The van der Waals surface area contributed by atoms with Crippen molar-refractivity contribution < 1.29 is 0 Å². The van der Waals surface area contributed by atoms with Crippen LogP contribution >= 0.6 is 0 Å². The average Bonchev–Trinajstić information content (AvgIpc) is 2.65. The zero-order valence-corrected chi connectivity index (χ0v) is 11.1. The van der Waals surface area contributed by atoms with Crippen molar-refractivity contribution in [2.24, 2.45) is 7.05 Å². The van der Waals surface area contributed by atoms with Crippen molar-refractivity contribution in [2.75, 3.05) is 0 Å². The van der Waals surface area contributed by atoms with Gasteiger partial charge in [0.15, 0.2) is 0 Å². The Bertz CT molecular complexity index is 470. The van der Waals surface area contributed by atoms with Gasteiger partial charge in [-0.2, -0.15) is 0 Å². The third-order valence-electron chi connectivity index (χ3n) is 2.30. The molecule has 0 spiro atoms. The van der Waals surface area contributed by atoms with Gasteiger partial charge >= 0.3 is 103 Å². The Kier molecular flexibility index (Phi) is 3.66. The topological polar surface area (TPSA) is 4.93 Å². The van der Waals surface area contributed by atoms with Gasteiger partial charge in [0.2, 0.25) is 0 Å². The molecule has 0 aliphatic rings. The normalized spacial score (nSPS) is 10.3. The van der Waals surface area contributed by atoms with Crippen molar-refractivity contribution >= 4 is 19.4 Å². The maximum atomic E-state index is 4.17. The predicted octanol–water partition coefficient (Wildman–Crippen LogP) is 2.11. The van der Waals surface area contributed by atoms with E-state index in [9.17, 15) is 0 Å². The molecule has 0 saturated carbocycles. The summed E-state index contributed by atoms with van der Waals surface area (Å²) >= 11 is 0.386. The van der Waals surface area contributed by atoms with Gasteiger partial charge in [-0.1, -0.05) is 0 Å². The van der Waals surface area contributed by atoms with E-state index in [1.165, 1.54) is 14.5 Å². The second-order valence-corrected chi connectivity index (χ2v) is 6.44. The van der Waals surface area contributed by atoms with Crippen molar-refractivity contribution in [3.63, 3.8) is 0 Å². The van der Waals surface area contributed by atoms with Crippen LogP contribution < -0.4 is 4.46 Å². The van der Waals surface area contributed by atoms with Crippen LogP contribution in [0.15, 0.2) is 59.8 Å². The number of aromatic nitrogens is 1. The summed E-state index contributed by atoms with van der Waals surface area (Å²) in [7, 11) is 2.05. The van der Waals surface area contributed by atoms with E-state index in [-0.39, 0.29) is 0 Å². The Morgan fingerprint density at radius 2 is 2.00 bits per heavy atom. The van der Waals surface area contributed by atoms with E-state index in [1.807, 2.05) is 0 Å². The molecule has 0 aliphatic heterocycles. The number of allylic oxidation sites excluding steroid dienone is 1. The molecule has 0 fully saturated rings. The number of aryl methyl sites for hydroxylation is 1. The van der Waals surface area contributed by atoms with E-state index >= 15 is 0 Å². The van der Waals surface area contributed by atoms with Crippen LogP contribution in [0.4, 0.5) is 0 Å². The Morgan fingerprint density at radius 1 is 1.25 bits per heavy atom. The summed E-state index contributed by atoms with van der Waals surface area (Å²) in [6, 6.07) is 12.7. The van der Waals surface area contributed by atoms with Crippen LogP contribution in [0.2, 0.25) is 0 Å². The van der Waals surface area contributed by atoms with Crippen molar-refractivity contribution in [1.82, 2.24) is 4.57 Å². The van der Waals surface area contributed by atoms with Crippen LogP contribution in [0.5, 0.6) is 0 Å². The first-order valence-corrected chi connectivity index (χ1v) is 6.97. The first kappa shape index (κ1) is 11.3. The fourth-order valence-corrected chi connectivity index (χ4v) is 3.40. The second kappa shape index (κ2) is 5.20. The van der Waals surface area contributed by atoms with Crippen LogP contribution in [0.25, 0.3) is 0 Å². The van der Waals surface area contributed by atoms with E-state index in [2.05, 4.69) is 67.0 Å². The third-order valence-corrected chi connectivity index (χ3v) is 4.27. The molecule has 2 rings (SSSR count). The fraction of sp³-hybridized carbons (Fsp3) is 0.143. The molecule has 1 aromatic carbocycles. The zero-order chi connectivity index (χ0) is 11.4. The van der Waals surface area contributed by atoms with Gasteiger partial charge in [0.1, 0.15) is 0 Å². The minimum atomic E-state index is 0.386. The van der Waals surface area contributed by atoms with Crippen molar-refractivity contribution in [3.05, 3.63) is 65.4 Å². The maximum absolute atomic E-state index is 4.17. The van der Waals surface area contributed by atoms with Gasteiger partial charge < -0.3 is 0 Å². The molecule has 82 valence electrons. The van der Waals surface area contributed by atoms with Crippen molar-refractivity contribution in [1.29, 1.82) is 0 Å². The SMILES string of the molecule is C=C(Cc1ccn(C)c1)[Se]c1ccccc1. The van der Waals surface area contributed by atoms with Gasteiger partial charge in [0.25, 0.3) is 0 Å². The number of nitrogens with zero attached hydrogens (tertiary/aromatic N) is 1. The first-order valence-electron chi connectivity index (χ1n) is 5.25. The van der Waals surface area contributed by atoms with E-state index in [0.717, 1.165) is 6.42 Å². The van der Waals surface area contributed by atoms with Crippen LogP contribution in [-0.2, 0) is 13.5 Å². The summed E-state index contributed by atoms with van der Waals surface area (Å²) in [5.74, 6) is 0. The summed E-state index contributed by atoms with van der Waals surface area (Å²) in [5, 5.41) is 0. The molecule has 0 unspecified atom stereocenters. The summed E-state index contributed by atoms with van der Waals surface area (Å²) in [6.07, 6.45) is 5.24. The van der Waals surface area contributed by atoms with E-state index < -0.39 is 0 Å². The number of hydrogen-bond donors (Lipinski definition) is 0. The molecular weight excluding hydrogens is 261 g/mol. The number of benzene rings is 1. The van der Waals surface area contributed by atoms with Gasteiger partial charge in [-0.3, -0.25) is 0 Å². The molecule has 0 aliphatic carbocycles. The summed E-state index contributed by atoms with van der Waals surface area (Å²) in [4.78, 5) is 0. The molecule has 2 heteroatoms. The molecular formula is C14H15NSe. The molecule has 1 nitrogen and oxygen atoms in total. The van der Waals surface area contributed by atoms with E-state index in [0.29, 0.717) is 15.0 Å². The molecule has 2 aromatic rings. The molecule has 1 aromatic heterocycles. The quantitative estimate of drug-likeness (QED) is 0.754. The summed E-state index contributed by atoms with van der Waals surface area (Å²) in [5.41, 5.74) is 1.35. The van der Waals surface area contributed by atoms with E-state index in [1.54, 1.807) is 0 Å². The monoisotopic (exact) mass is 277 g/mol. The molecule has 0 saturated heterocycles. The Hall–Kier alpha value is -1.24. The Balaban J connectivity index is 1.95. The van der Waals surface area contributed by atoms with Crippen LogP contribution in [0.3, 0.4) is 0 Å². The van der Waals surface area contributed by atoms with Crippen LogP contribution in [0, 0.1) is 0 Å². The van der Waals surface area contributed by atoms with Gasteiger partial charge in [-0.15, -0.1) is 0 Å². The zero-order valence-electron chi connectivity index (χ0n) is 9.39. The second-order valence-electron chi connectivity index (χ2n) is 3.82. The molecule has 0 radical (unpaired) electrons. The predicted molar refractivity (Wildman–Crippen MR) is 70.1 cm³/mol. The Morgan fingerprint density at radius 3 is 2.62 bits per heavy atom. The first-order chi connectivity index (χ1) is 7.74. The van der Waals surface area contributed by atoms with Crippen LogP contribution in [-0.4, -0.2) is 19.5 Å². The fourth-order valence-electron chi connectivity index (χ4n) is 1.58.